The van der Waals surface area contributed by atoms with Gasteiger partial charge in [0.05, 0.1) is 19.1 Å². The van der Waals surface area contributed by atoms with Crippen LogP contribution in [0.1, 0.15) is 23.9 Å². The lowest BCUT2D eigenvalue weighted by atomic mass is 10.2. The minimum Gasteiger partial charge on any atom is -0.497 e. The molecule has 0 fully saturated rings. The number of fused-ring (bicyclic) bond motifs is 1. The summed E-state index contributed by atoms with van der Waals surface area (Å²) in [4.78, 5) is 11.7. The first kappa shape index (κ1) is 13.2. The lowest BCUT2D eigenvalue weighted by Crippen LogP contribution is -2.30. The van der Waals surface area contributed by atoms with Crippen LogP contribution in [0.2, 0.25) is 0 Å². The average Bonchev–Trinajstić information content (AvgIpc) is 2.81. The van der Waals surface area contributed by atoms with Crippen LogP contribution >= 0.6 is 0 Å². The molecule has 6 nitrogen and oxygen atoms in total. The number of amides is 1. The van der Waals surface area contributed by atoms with Crippen molar-refractivity contribution in [3.63, 3.8) is 0 Å². The highest BCUT2D eigenvalue weighted by molar-refractivity contribution is 6.01. The number of nitrogen functional groups attached to an aromatic ring is 1. The second kappa shape index (κ2) is 5.62. The van der Waals surface area contributed by atoms with E-state index in [1.54, 1.807) is 25.3 Å². The molecule has 2 aromatic rings. The highest BCUT2D eigenvalue weighted by Gasteiger charge is 2.21. The van der Waals surface area contributed by atoms with Crippen molar-refractivity contribution in [2.75, 3.05) is 13.7 Å². The number of furan rings is 1. The van der Waals surface area contributed by atoms with Crippen molar-refractivity contribution in [2.24, 2.45) is 5.84 Å². The molecule has 0 radical (unpaired) electrons. The number of hydrogen-bond donors (Lipinski definition) is 2. The minimum atomic E-state index is -0.527. The van der Waals surface area contributed by atoms with Crippen LogP contribution in [-0.4, -0.2) is 19.6 Å². The molecule has 102 valence electrons. The highest BCUT2D eigenvalue weighted by atomic mass is 16.5. The number of rotatable bonds is 5. The zero-order valence-corrected chi connectivity index (χ0v) is 10.9. The highest BCUT2D eigenvalue weighted by Crippen LogP contribution is 2.35. The molecule has 1 amide bonds. The third-order valence-electron chi connectivity index (χ3n) is 2.64. The normalized spacial score (nSPS) is 10.5. The number of carbonyl (C=O) groups excluding carboxylic acids is 1. The summed E-state index contributed by atoms with van der Waals surface area (Å²) in [7, 11) is 1.57. The standard InChI is InChI=1S/C13H16N2O4/c1-3-6-18-11-9-7-8(17-2)4-5-10(9)19-12(11)13(16)15-14/h4-5,7H,3,6,14H2,1-2H3,(H,15,16). The third kappa shape index (κ3) is 2.48. The maximum atomic E-state index is 11.7. The zero-order valence-electron chi connectivity index (χ0n) is 10.9. The third-order valence-corrected chi connectivity index (χ3v) is 2.64. The number of carbonyl (C=O) groups is 1. The molecule has 1 aromatic carbocycles. The second-order valence-corrected chi connectivity index (χ2v) is 3.94. The number of ether oxygens (including phenoxy) is 2. The lowest BCUT2D eigenvalue weighted by molar-refractivity contribution is 0.0922. The van der Waals surface area contributed by atoms with E-state index >= 15 is 0 Å². The van der Waals surface area contributed by atoms with Gasteiger partial charge in [-0.3, -0.25) is 10.2 Å². The Morgan fingerprint density at radius 2 is 2.26 bits per heavy atom. The molecule has 19 heavy (non-hydrogen) atoms. The second-order valence-electron chi connectivity index (χ2n) is 3.94. The first-order valence-corrected chi connectivity index (χ1v) is 5.95. The summed E-state index contributed by atoms with van der Waals surface area (Å²) >= 11 is 0. The number of benzene rings is 1. The monoisotopic (exact) mass is 264 g/mol. The molecule has 0 saturated carbocycles. The summed E-state index contributed by atoms with van der Waals surface area (Å²) in [5.74, 6) is 5.73. The van der Waals surface area contributed by atoms with E-state index in [9.17, 15) is 4.79 Å². The molecule has 0 aliphatic rings. The first-order chi connectivity index (χ1) is 9.21. The van der Waals surface area contributed by atoms with Gasteiger partial charge < -0.3 is 13.9 Å². The van der Waals surface area contributed by atoms with Crippen LogP contribution in [0.4, 0.5) is 0 Å². The van der Waals surface area contributed by atoms with E-state index in [2.05, 4.69) is 0 Å². The summed E-state index contributed by atoms with van der Waals surface area (Å²) < 4.78 is 16.2. The van der Waals surface area contributed by atoms with E-state index in [0.717, 1.165) is 6.42 Å². The summed E-state index contributed by atoms with van der Waals surface area (Å²) in [6.07, 6.45) is 0.820. The quantitative estimate of drug-likeness (QED) is 0.489. The maximum absolute atomic E-state index is 11.7. The Kier molecular flexibility index (Phi) is 3.91. The van der Waals surface area contributed by atoms with Gasteiger partial charge in [-0.15, -0.1) is 0 Å². The van der Waals surface area contributed by atoms with Crippen LogP contribution in [0.25, 0.3) is 11.0 Å². The van der Waals surface area contributed by atoms with Crippen LogP contribution < -0.4 is 20.7 Å². The van der Waals surface area contributed by atoms with E-state index < -0.39 is 5.91 Å². The van der Waals surface area contributed by atoms with E-state index in [0.29, 0.717) is 29.1 Å². The minimum absolute atomic E-state index is 0.0687. The number of nitrogens with two attached hydrogens (primary N) is 1. The smallest absolute Gasteiger partial charge is 0.304 e. The van der Waals surface area contributed by atoms with Gasteiger partial charge in [0.1, 0.15) is 11.3 Å². The van der Waals surface area contributed by atoms with Crippen LogP contribution in [0, 0.1) is 0 Å². The molecule has 1 heterocycles. The molecule has 0 aliphatic heterocycles. The summed E-state index contributed by atoms with van der Waals surface area (Å²) in [6.45, 7) is 2.46. The van der Waals surface area contributed by atoms with Crippen molar-refractivity contribution in [3.8, 4) is 11.5 Å². The Balaban J connectivity index is 2.56. The fourth-order valence-electron chi connectivity index (χ4n) is 1.74. The van der Waals surface area contributed by atoms with Crippen LogP contribution in [0.3, 0.4) is 0 Å². The van der Waals surface area contributed by atoms with Gasteiger partial charge in [0.25, 0.3) is 0 Å². The number of hydrazine groups is 1. The fourth-order valence-corrected chi connectivity index (χ4v) is 1.74. The number of methoxy groups -OCH3 is 1. The van der Waals surface area contributed by atoms with Gasteiger partial charge in [0.2, 0.25) is 5.76 Å². The van der Waals surface area contributed by atoms with Gasteiger partial charge in [-0.2, -0.15) is 0 Å². The van der Waals surface area contributed by atoms with E-state index in [1.807, 2.05) is 12.3 Å². The van der Waals surface area contributed by atoms with E-state index in [4.69, 9.17) is 19.7 Å². The summed E-state index contributed by atoms with van der Waals surface area (Å²) in [5.41, 5.74) is 2.59. The van der Waals surface area contributed by atoms with Crippen LogP contribution in [-0.2, 0) is 0 Å². The van der Waals surface area contributed by atoms with Crippen LogP contribution in [0.5, 0.6) is 11.5 Å². The molecule has 0 atom stereocenters. The zero-order chi connectivity index (χ0) is 13.8. The molecule has 2 rings (SSSR count). The molecule has 0 bridgehead atoms. The van der Waals surface area contributed by atoms with Gasteiger partial charge in [-0.25, -0.2) is 5.84 Å². The van der Waals surface area contributed by atoms with Crippen molar-refractivity contribution in [2.45, 2.75) is 13.3 Å². The Bertz CT molecular complexity index is 592. The van der Waals surface area contributed by atoms with E-state index in [-0.39, 0.29) is 5.76 Å². The topological polar surface area (TPSA) is 86.7 Å². The number of nitrogens with one attached hydrogen (secondary N) is 1. The van der Waals surface area contributed by atoms with Crippen molar-refractivity contribution in [1.29, 1.82) is 0 Å². The molecule has 3 N–H and O–H groups in total. The maximum Gasteiger partial charge on any atom is 0.304 e. The summed E-state index contributed by atoms with van der Waals surface area (Å²) in [5, 5.41) is 0.686. The number of hydrogen-bond acceptors (Lipinski definition) is 5. The Labute approximate surface area is 110 Å². The molecule has 0 unspecified atom stereocenters. The van der Waals surface area contributed by atoms with Crippen LogP contribution in [0.15, 0.2) is 22.6 Å². The van der Waals surface area contributed by atoms with E-state index in [1.165, 1.54) is 0 Å². The lowest BCUT2D eigenvalue weighted by Gasteiger charge is -2.04. The Hall–Kier alpha value is -2.21. The Morgan fingerprint density at radius 1 is 1.47 bits per heavy atom. The van der Waals surface area contributed by atoms with Crippen molar-refractivity contribution in [3.05, 3.63) is 24.0 Å². The molecular formula is C13H16N2O4. The van der Waals surface area contributed by atoms with Crippen molar-refractivity contribution in [1.82, 2.24) is 5.43 Å². The molecule has 0 aliphatic carbocycles. The van der Waals surface area contributed by atoms with Gasteiger partial charge in [0, 0.05) is 0 Å². The molecule has 0 saturated heterocycles. The van der Waals surface area contributed by atoms with Crippen molar-refractivity contribution >= 4 is 16.9 Å². The van der Waals surface area contributed by atoms with Gasteiger partial charge >= 0.3 is 5.91 Å². The predicted octanol–water partition coefficient (Wildman–Crippen LogP) is 1.83. The predicted molar refractivity (Wildman–Crippen MR) is 70.2 cm³/mol. The molecule has 1 aromatic heterocycles. The fraction of sp³-hybridized carbons (Fsp3) is 0.308. The molecular weight excluding hydrogens is 248 g/mol. The van der Waals surface area contributed by atoms with Gasteiger partial charge in [-0.05, 0) is 24.6 Å². The first-order valence-electron chi connectivity index (χ1n) is 5.95. The Morgan fingerprint density at radius 3 is 2.89 bits per heavy atom. The van der Waals surface area contributed by atoms with Crippen molar-refractivity contribution < 1.29 is 18.7 Å². The largest absolute Gasteiger partial charge is 0.497 e. The van der Waals surface area contributed by atoms with Gasteiger partial charge in [0.15, 0.2) is 5.75 Å². The summed E-state index contributed by atoms with van der Waals surface area (Å²) in [6, 6.07) is 5.23. The molecule has 0 spiro atoms. The van der Waals surface area contributed by atoms with Gasteiger partial charge in [-0.1, -0.05) is 6.92 Å². The molecule has 6 heteroatoms. The average molecular weight is 264 g/mol. The SMILES string of the molecule is CCCOc1c(C(=O)NN)oc2ccc(OC)cc12.